The van der Waals surface area contributed by atoms with Gasteiger partial charge < -0.3 is 29.2 Å². The van der Waals surface area contributed by atoms with Crippen LogP contribution in [0.1, 0.15) is 78.5 Å². The summed E-state index contributed by atoms with van der Waals surface area (Å²) in [7, 11) is 4.41. The fraction of sp³-hybridized carbons (Fsp3) is 0.426. The lowest BCUT2D eigenvalue weighted by atomic mass is 9.59. The number of piperidine rings is 1. The molecule has 3 aliphatic heterocycles. The highest BCUT2D eigenvalue weighted by atomic mass is 16.5. The molecule has 59 heavy (non-hydrogen) atoms. The van der Waals surface area contributed by atoms with Gasteiger partial charge in [-0.15, -0.1) is 0 Å². The van der Waals surface area contributed by atoms with Crippen molar-refractivity contribution in [3.63, 3.8) is 0 Å². The minimum absolute atomic E-state index is 0.216. The average Bonchev–Trinajstić information content (AvgIpc) is 3.62. The quantitative estimate of drug-likeness (QED) is 0.102. The van der Waals surface area contributed by atoms with Crippen LogP contribution >= 0.6 is 0 Å². The lowest BCUT2D eigenvalue weighted by molar-refractivity contribution is -0.125. The number of carbonyl (C=O) groups excluding carboxylic acids is 3. The largest absolute Gasteiger partial charge is 0.494 e. The van der Waals surface area contributed by atoms with E-state index in [9.17, 15) is 14.4 Å². The number of benzene rings is 2. The summed E-state index contributed by atoms with van der Waals surface area (Å²) in [6.45, 7) is 7.86. The van der Waals surface area contributed by atoms with Gasteiger partial charge >= 0.3 is 0 Å². The van der Waals surface area contributed by atoms with E-state index in [0.29, 0.717) is 65.4 Å². The highest BCUT2D eigenvalue weighted by Gasteiger charge is 2.54. The van der Waals surface area contributed by atoms with E-state index in [-0.39, 0.29) is 12.0 Å². The number of amides is 3. The molecule has 1 atom stereocenters. The summed E-state index contributed by atoms with van der Waals surface area (Å²) in [6, 6.07) is 18.2. The molecule has 12 heteroatoms. The van der Waals surface area contributed by atoms with Crippen LogP contribution in [0.3, 0.4) is 0 Å². The third-order valence-corrected chi connectivity index (χ3v) is 13.8. The topological polar surface area (TPSA) is 122 Å². The number of nitrogens with one attached hydrogen (secondary N) is 1. The van der Waals surface area contributed by atoms with E-state index in [2.05, 4.69) is 80.7 Å². The Morgan fingerprint density at radius 2 is 1.69 bits per heavy atom. The number of imide groups is 1. The lowest BCUT2D eigenvalue weighted by Crippen LogP contribution is -2.67. The second kappa shape index (κ2) is 14.9. The van der Waals surface area contributed by atoms with E-state index < -0.39 is 17.9 Å². The maximum absolute atomic E-state index is 13.2. The van der Waals surface area contributed by atoms with Gasteiger partial charge in [0.25, 0.3) is 11.8 Å². The molecule has 1 N–H and O–H groups in total. The molecule has 6 heterocycles. The average molecular weight is 794 g/mol. The minimum Gasteiger partial charge on any atom is -0.494 e. The van der Waals surface area contributed by atoms with Crippen LogP contribution in [0.2, 0.25) is 0 Å². The van der Waals surface area contributed by atoms with Crippen LogP contribution in [0, 0.1) is 5.41 Å². The molecule has 2 saturated carbocycles. The molecule has 304 valence electrons. The highest BCUT2D eigenvalue weighted by Crippen LogP contribution is 2.51. The van der Waals surface area contributed by atoms with E-state index in [1.807, 2.05) is 24.7 Å². The summed E-state index contributed by atoms with van der Waals surface area (Å²) < 4.78 is 14.5. The molecule has 3 aromatic heterocycles. The van der Waals surface area contributed by atoms with Crippen molar-refractivity contribution in [1.29, 1.82) is 0 Å². The Labute approximate surface area is 344 Å². The number of ether oxygens (including phenoxy) is 2. The Morgan fingerprint density at radius 1 is 0.881 bits per heavy atom. The summed E-state index contributed by atoms with van der Waals surface area (Å²) in [6.07, 6.45) is 14.6. The van der Waals surface area contributed by atoms with Crippen molar-refractivity contribution in [1.82, 2.24) is 34.6 Å². The molecule has 5 aromatic rings. The van der Waals surface area contributed by atoms with Gasteiger partial charge in [-0.05, 0) is 106 Å². The van der Waals surface area contributed by atoms with Gasteiger partial charge in [-0.2, -0.15) is 0 Å². The van der Waals surface area contributed by atoms with Crippen LogP contribution in [0.15, 0.2) is 85.5 Å². The first-order chi connectivity index (χ1) is 28.6. The molecule has 2 saturated heterocycles. The van der Waals surface area contributed by atoms with Crippen molar-refractivity contribution >= 4 is 39.5 Å². The summed E-state index contributed by atoms with van der Waals surface area (Å²) in [5.74, 6) is 0.0337. The van der Waals surface area contributed by atoms with Crippen molar-refractivity contribution in [3.8, 4) is 22.8 Å². The molecule has 1 spiro atoms. The number of aromatic nitrogens is 3. The van der Waals surface area contributed by atoms with E-state index >= 15 is 0 Å². The SMILES string of the molecule is C=C1CCC(N2C(=O)c3ccc(OCCCCCN4CC5(CC(N(C)C6CC(Oc7ccc(-c8ccc9c%10cnccc%10n(C)c9c8)cn7)C6)C5)C4)cc3C2=O)C(=O)N1. The van der Waals surface area contributed by atoms with Gasteiger partial charge in [-0.1, -0.05) is 18.7 Å². The van der Waals surface area contributed by atoms with Crippen LogP contribution < -0.4 is 14.8 Å². The van der Waals surface area contributed by atoms with Crippen molar-refractivity contribution in [2.75, 3.05) is 33.3 Å². The highest BCUT2D eigenvalue weighted by molar-refractivity contribution is 6.23. The summed E-state index contributed by atoms with van der Waals surface area (Å²) in [4.78, 5) is 53.9. The van der Waals surface area contributed by atoms with Crippen molar-refractivity contribution in [2.24, 2.45) is 12.5 Å². The monoisotopic (exact) mass is 793 g/mol. The van der Waals surface area contributed by atoms with Gasteiger partial charge in [0.2, 0.25) is 11.8 Å². The second-order valence-electron chi connectivity index (χ2n) is 17.6. The van der Waals surface area contributed by atoms with E-state index in [1.54, 1.807) is 18.2 Å². The van der Waals surface area contributed by atoms with Crippen molar-refractivity contribution in [3.05, 3.63) is 96.6 Å². The predicted octanol–water partition coefficient (Wildman–Crippen LogP) is 6.73. The number of pyridine rings is 2. The van der Waals surface area contributed by atoms with Crippen LogP contribution in [-0.2, 0) is 11.8 Å². The Balaban J connectivity index is 0.608. The maximum atomic E-state index is 13.2. The zero-order chi connectivity index (χ0) is 40.4. The van der Waals surface area contributed by atoms with E-state index in [4.69, 9.17) is 9.47 Å². The molecule has 0 bridgehead atoms. The number of allylic oxidation sites excluding steroid dienone is 1. The Kier molecular flexibility index (Phi) is 9.51. The van der Waals surface area contributed by atoms with Crippen LogP contribution in [-0.4, -0.2) is 104 Å². The normalized spacial score (nSPS) is 22.8. The molecular formula is C47H51N7O5. The van der Waals surface area contributed by atoms with Crippen LogP contribution in [0.25, 0.3) is 32.9 Å². The number of unbranched alkanes of at least 4 members (excludes halogenated alkanes) is 2. The number of likely N-dealkylation sites (tertiary alicyclic amines) is 1. The molecule has 3 amide bonds. The minimum atomic E-state index is -0.814. The van der Waals surface area contributed by atoms with Gasteiger partial charge in [-0.25, -0.2) is 4.98 Å². The summed E-state index contributed by atoms with van der Waals surface area (Å²) >= 11 is 0. The van der Waals surface area contributed by atoms with E-state index in [0.717, 1.165) is 54.7 Å². The number of fused-ring (bicyclic) bond motifs is 4. The number of aryl methyl sites for hydroxylation is 1. The predicted molar refractivity (Wildman–Crippen MR) is 225 cm³/mol. The Hall–Kier alpha value is -5.59. The van der Waals surface area contributed by atoms with Gasteiger partial charge in [0.05, 0.1) is 23.3 Å². The molecule has 0 radical (unpaired) electrons. The van der Waals surface area contributed by atoms with Gasteiger partial charge in [-0.3, -0.25) is 24.3 Å². The Bertz CT molecular complexity index is 2480. The number of hydrogen-bond donors (Lipinski definition) is 1. The van der Waals surface area contributed by atoms with Crippen molar-refractivity contribution in [2.45, 2.75) is 82.0 Å². The van der Waals surface area contributed by atoms with Crippen molar-refractivity contribution < 1.29 is 23.9 Å². The van der Waals surface area contributed by atoms with E-state index in [1.165, 1.54) is 47.7 Å². The first-order valence-electron chi connectivity index (χ1n) is 21.2. The molecule has 12 nitrogen and oxygen atoms in total. The standard InChI is InChI=1S/C47H51N7O5/c1-29-7-13-41(44(55)50-29)54-45(56)37-12-10-34(22-38(37)46(54)57)58-18-6-4-5-17-53-27-47(28-53)23-33(24-47)51(2)32-20-35(21-32)59-43-14-9-31(25-49-43)30-8-11-36-39-26-48-16-15-40(39)52(3)42(36)19-30/h8-12,14-16,19,22,25-26,32-33,35,41H,1,4-7,13,17-18,20-21,23-24,27-28H2,2-3H3,(H,50,55). The Morgan fingerprint density at radius 3 is 2.49 bits per heavy atom. The van der Waals surface area contributed by atoms with Gasteiger partial charge in [0.1, 0.15) is 17.9 Å². The molecule has 2 aromatic carbocycles. The third-order valence-electron chi connectivity index (χ3n) is 13.8. The maximum Gasteiger partial charge on any atom is 0.262 e. The molecule has 4 fully saturated rings. The van der Waals surface area contributed by atoms with Gasteiger partial charge in [0.15, 0.2) is 0 Å². The first-order valence-corrected chi connectivity index (χ1v) is 21.2. The zero-order valence-corrected chi connectivity index (χ0v) is 33.9. The molecule has 2 aliphatic carbocycles. The van der Waals surface area contributed by atoms with Gasteiger partial charge in [0, 0.05) is 97.3 Å². The summed E-state index contributed by atoms with van der Waals surface area (Å²) in [5, 5.41) is 5.05. The zero-order valence-electron chi connectivity index (χ0n) is 33.9. The van der Waals surface area contributed by atoms with Crippen LogP contribution in [0.5, 0.6) is 11.6 Å². The fourth-order valence-electron chi connectivity index (χ4n) is 10.3. The lowest BCUT2D eigenvalue weighted by Gasteiger charge is -2.62. The summed E-state index contributed by atoms with van der Waals surface area (Å²) in [5.41, 5.74) is 6.31. The fourth-order valence-corrected chi connectivity index (χ4v) is 10.3. The molecule has 1 unspecified atom stereocenters. The third kappa shape index (κ3) is 6.85. The second-order valence-corrected chi connectivity index (χ2v) is 17.6. The molecule has 10 rings (SSSR count). The number of hydrogen-bond acceptors (Lipinski definition) is 9. The first kappa shape index (κ1) is 37.7. The van der Waals surface area contributed by atoms with Crippen LogP contribution in [0.4, 0.5) is 0 Å². The molecular weight excluding hydrogens is 743 g/mol. The molecule has 5 aliphatic rings. The number of carbonyl (C=O) groups is 3. The number of nitrogens with zero attached hydrogens (tertiary/aromatic N) is 6. The number of rotatable bonds is 13. The smallest absolute Gasteiger partial charge is 0.262 e.